The Labute approximate surface area is 194 Å². The highest BCUT2D eigenvalue weighted by Crippen LogP contribution is 2.29. The van der Waals surface area contributed by atoms with Gasteiger partial charge in [-0.15, -0.1) is 0 Å². The van der Waals surface area contributed by atoms with Crippen LogP contribution < -0.4 is 9.80 Å². The predicted molar refractivity (Wildman–Crippen MR) is 132 cm³/mol. The molecule has 4 rings (SSSR count). The van der Waals surface area contributed by atoms with E-state index in [-0.39, 0.29) is 10.7 Å². The number of anilines is 2. The number of hydrogen-bond donors (Lipinski definition) is 0. The molecule has 3 aromatic carbocycles. The number of hydrogen-bond acceptors (Lipinski definition) is 3. The second-order valence-corrected chi connectivity index (χ2v) is 8.01. The quantitative estimate of drug-likeness (QED) is 0.266. The van der Waals surface area contributed by atoms with Gasteiger partial charge in [-0.25, -0.2) is 0 Å². The number of halogens is 1. The Balaban J connectivity index is 1.78. The molecule has 1 saturated heterocycles. The fourth-order valence-corrected chi connectivity index (χ4v) is 3.83. The Morgan fingerprint density at radius 2 is 1.23 bits per heavy atom. The van der Waals surface area contributed by atoms with Crippen molar-refractivity contribution in [1.82, 2.24) is 0 Å². The van der Waals surface area contributed by atoms with Crippen LogP contribution in [-0.4, -0.2) is 16.9 Å². The molecule has 1 heterocycles. The van der Waals surface area contributed by atoms with Gasteiger partial charge in [-0.1, -0.05) is 76.6 Å². The van der Waals surface area contributed by atoms with Crippen LogP contribution in [0.4, 0.5) is 11.4 Å². The van der Waals surface area contributed by atoms with Gasteiger partial charge >= 0.3 is 0 Å². The molecular formula is C25H17BrN2O2S. The lowest BCUT2D eigenvalue weighted by Crippen LogP contribution is -2.57. The van der Waals surface area contributed by atoms with E-state index in [0.717, 1.165) is 10.0 Å². The van der Waals surface area contributed by atoms with Crippen molar-refractivity contribution in [3.05, 3.63) is 113 Å². The molecule has 0 bridgehead atoms. The SMILES string of the molecule is O=C1C(=CC=Cc2ccccc2)C(=O)N(c2ccc(Br)cc2)C(=S)N1c1ccccc1. The van der Waals surface area contributed by atoms with E-state index in [4.69, 9.17) is 12.2 Å². The molecule has 1 aliphatic rings. The lowest BCUT2D eigenvalue weighted by Gasteiger charge is -2.36. The molecule has 31 heavy (non-hydrogen) atoms. The monoisotopic (exact) mass is 488 g/mol. The summed E-state index contributed by atoms with van der Waals surface area (Å²) in [6, 6.07) is 26.0. The van der Waals surface area contributed by atoms with E-state index in [1.54, 1.807) is 36.4 Å². The second kappa shape index (κ2) is 9.20. The van der Waals surface area contributed by atoms with Gasteiger partial charge in [-0.3, -0.25) is 19.4 Å². The van der Waals surface area contributed by atoms with E-state index in [2.05, 4.69) is 15.9 Å². The number of thiocarbonyl (C=S) groups is 1. The van der Waals surface area contributed by atoms with Crippen molar-refractivity contribution in [3.8, 4) is 0 Å². The highest BCUT2D eigenvalue weighted by molar-refractivity contribution is 9.10. The maximum Gasteiger partial charge on any atom is 0.270 e. The van der Waals surface area contributed by atoms with Gasteiger partial charge < -0.3 is 0 Å². The predicted octanol–water partition coefficient (Wildman–Crippen LogP) is 5.75. The molecule has 0 aromatic heterocycles. The summed E-state index contributed by atoms with van der Waals surface area (Å²) < 4.78 is 0.879. The average Bonchev–Trinajstić information content (AvgIpc) is 2.79. The first-order valence-corrected chi connectivity index (χ1v) is 10.7. The average molecular weight is 489 g/mol. The fourth-order valence-electron chi connectivity index (χ4n) is 3.19. The van der Waals surface area contributed by atoms with Crippen LogP contribution >= 0.6 is 28.1 Å². The number of benzene rings is 3. The van der Waals surface area contributed by atoms with E-state index >= 15 is 0 Å². The van der Waals surface area contributed by atoms with Crippen LogP contribution in [-0.2, 0) is 9.59 Å². The first-order chi connectivity index (χ1) is 15.1. The van der Waals surface area contributed by atoms with Crippen molar-refractivity contribution in [2.75, 3.05) is 9.80 Å². The van der Waals surface area contributed by atoms with Crippen LogP contribution in [0.1, 0.15) is 5.56 Å². The second-order valence-electron chi connectivity index (χ2n) is 6.73. The minimum absolute atomic E-state index is 0.0348. The molecule has 2 amide bonds. The van der Waals surface area contributed by atoms with Gasteiger partial charge in [0, 0.05) is 4.47 Å². The molecule has 152 valence electrons. The molecule has 0 spiro atoms. The van der Waals surface area contributed by atoms with Crippen LogP contribution in [0.15, 0.2) is 107 Å². The molecule has 0 N–H and O–H groups in total. The molecular weight excluding hydrogens is 472 g/mol. The molecule has 0 saturated carbocycles. The molecule has 0 atom stereocenters. The number of nitrogens with zero attached hydrogens (tertiary/aromatic N) is 2. The molecule has 0 unspecified atom stereocenters. The molecule has 3 aromatic rings. The third-order valence-corrected chi connectivity index (χ3v) is 5.59. The maximum atomic E-state index is 13.3. The third-order valence-electron chi connectivity index (χ3n) is 4.70. The number of amides is 2. The largest absolute Gasteiger partial charge is 0.270 e. The van der Waals surface area contributed by atoms with Gasteiger partial charge in [0.15, 0.2) is 5.11 Å². The Morgan fingerprint density at radius 1 is 0.710 bits per heavy atom. The van der Waals surface area contributed by atoms with E-state index in [0.29, 0.717) is 11.4 Å². The topological polar surface area (TPSA) is 40.6 Å². The Bertz CT molecular complexity index is 1190. The fraction of sp³-hybridized carbons (Fsp3) is 0. The summed E-state index contributed by atoms with van der Waals surface area (Å²) in [5, 5.41) is 0.118. The van der Waals surface area contributed by atoms with Crippen molar-refractivity contribution in [2.24, 2.45) is 0 Å². The summed E-state index contributed by atoms with van der Waals surface area (Å²) in [5.41, 5.74) is 2.19. The van der Waals surface area contributed by atoms with Gasteiger partial charge in [0.05, 0.1) is 11.4 Å². The zero-order chi connectivity index (χ0) is 21.8. The highest BCUT2D eigenvalue weighted by Gasteiger charge is 2.40. The van der Waals surface area contributed by atoms with Crippen molar-refractivity contribution >= 4 is 62.5 Å². The van der Waals surface area contributed by atoms with Gasteiger partial charge in [-0.2, -0.15) is 0 Å². The van der Waals surface area contributed by atoms with Gasteiger partial charge in [-0.05, 0) is 60.3 Å². The first-order valence-electron chi connectivity index (χ1n) is 9.53. The number of carbonyl (C=O) groups is 2. The molecule has 1 fully saturated rings. The van der Waals surface area contributed by atoms with Crippen LogP contribution in [0.3, 0.4) is 0 Å². The number of para-hydroxylation sites is 1. The maximum absolute atomic E-state index is 13.3. The number of carbonyl (C=O) groups excluding carboxylic acids is 2. The Kier molecular flexibility index (Phi) is 6.21. The van der Waals surface area contributed by atoms with Crippen molar-refractivity contribution < 1.29 is 9.59 Å². The summed E-state index contributed by atoms with van der Waals surface area (Å²) in [6.45, 7) is 0. The van der Waals surface area contributed by atoms with Crippen LogP contribution in [0, 0.1) is 0 Å². The van der Waals surface area contributed by atoms with E-state index in [1.807, 2.05) is 66.7 Å². The summed E-state index contributed by atoms with van der Waals surface area (Å²) in [6.07, 6.45) is 5.09. The Hall–Kier alpha value is -3.35. The van der Waals surface area contributed by atoms with Crippen LogP contribution in [0.2, 0.25) is 0 Å². The van der Waals surface area contributed by atoms with E-state index in [1.165, 1.54) is 9.80 Å². The summed E-state index contributed by atoms with van der Waals surface area (Å²) in [7, 11) is 0. The van der Waals surface area contributed by atoms with E-state index < -0.39 is 11.8 Å². The van der Waals surface area contributed by atoms with Gasteiger partial charge in [0.2, 0.25) is 0 Å². The van der Waals surface area contributed by atoms with Gasteiger partial charge in [0.25, 0.3) is 11.8 Å². The molecule has 0 aliphatic carbocycles. The minimum atomic E-state index is -0.456. The van der Waals surface area contributed by atoms with Crippen molar-refractivity contribution in [3.63, 3.8) is 0 Å². The summed E-state index contributed by atoms with van der Waals surface area (Å²) in [5.74, 6) is -0.908. The van der Waals surface area contributed by atoms with E-state index in [9.17, 15) is 9.59 Å². The number of allylic oxidation sites excluding steroid dienone is 2. The lowest BCUT2D eigenvalue weighted by molar-refractivity contribution is -0.120. The molecule has 6 heteroatoms. The zero-order valence-corrected chi connectivity index (χ0v) is 18.7. The smallest absolute Gasteiger partial charge is 0.268 e. The van der Waals surface area contributed by atoms with Gasteiger partial charge in [0.1, 0.15) is 5.57 Å². The highest BCUT2D eigenvalue weighted by atomic mass is 79.9. The first kappa shape index (κ1) is 20.9. The zero-order valence-electron chi connectivity index (χ0n) is 16.3. The number of rotatable bonds is 4. The summed E-state index contributed by atoms with van der Waals surface area (Å²) in [4.78, 5) is 29.4. The molecule has 4 nitrogen and oxygen atoms in total. The Morgan fingerprint density at radius 3 is 1.81 bits per heavy atom. The normalized spacial score (nSPS) is 15.9. The van der Waals surface area contributed by atoms with Crippen molar-refractivity contribution in [2.45, 2.75) is 0 Å². The van der Waals surface area contributed by atoms with Crippen LogP contribution in [0.5, 0.6) is 0 Å². The van der Waals surface area contributed by atoms with Crippen molar-refractivity contribution in [1.29, 1.82) is 0 Å². The molecule has 1 aliphatic heterocycles. The minimum Gasteiger partial charge on any atom is -0.268 e. The summed E-state index contributed by atoms with van der Waals surface area (Å²) >= 11 is 9.00. The standard InChI is InChI=1S/C25H17BrN2O2S/c26-19-14-16-21(17-15-19)28-24(30)22(13-7-10-18-8-3-1-4-9-18)23(29)27(25(28)31)20-11-5-2-6-12-20/h1-17H. The third kappa shape index (κ3) is 4.40. The molecule has 0 radical (unpaired) electrons. The lowest BCUT2D eigenvalue weighted by atomic mass is 10.1. The van der Waals surface area contributed by atoms with Crippen LogP contribution in [0.25, 0.3) is 6.08 Å².